The number of carbonyl (C=O) groups excluding carboxylic acids is 1. The van der Waals surface area contributed by atoms with Crippen LogP contribution in [0.2, 0.25) is 0 Å². The first-order chi connectivity index (χ1) is 7.98. The van der Waals surface area contributed by atoms with E-state index >= 15 is 0 Å². The lowest BCUT2D eigenvalue weighted by Gasteiger charge is -2.23. The lowest BCUT2D eigenvalue weighted by Crippen LogP contribution is -2.44. The molecular weight excluding hydrogens is 282 g/mol. The molecule has 0 aliphatic heterocycles. The van der Waals surface area contributed by atoms with Crippen molar-refractivity contribution in [1.82, 2.24) is 5.32 Å². The van der Waals surface area contributed by atoms with Gasteiger partial charge in [-0.2, -0.15) is 0 Å². The Bertz CT molecular complexity index is 374. The van der Waals surface area contributed by atoms with Gasteiger partial charge in [-0.25, -0.2) is 0 Å². The number of alkyl halides is 1. The molecule has 3 nitrogen and oxygen atoms in total. The second-order valence-electron chi connectivity index (χ2n) is 4.43. The number of amides is 1. The zero-order valence-corrected chi connectivity index (χ0v) is 12.0. The van der Waals surface area contributed by atoms with Gasteiger partial charge in [0.1, 0.15) is 5.75 Å². The third-order valence-corrected chi connectivity index (χ3v) is 3.62. The Balaban J connectivity index is 2.70. The van der Waals surface area contributed by atoms with Crippen molar-refractivity contribution in [3.63, 3.8) is 0 Å². The highest BCUT2D eigenvalue weighted by atomic mass is 79.9. The Hall–Kier alpha value is -1.03. The fourth-order valence-corrected chi connectivity index (χ4v) is 1.42. The molecule has 17 heavy (non-hydrogen) atoms. The molecular formula is C13H18BrNO2. The van der Waals surface area contributed by atoms with E-state index in [9.17, 15) is 4.79 Å². The zero-order valence-electron chi connectivity index (χ0n) is 10.4. The van der Waals surface area contributed by atoms with Crippen LogP contribution in [0.5, 0.6) is 5.75 Å². The lowest BCUT2D eigenvalue weighted by molar-refractivity contribution is 0.0921. The smallest absolute Gasteiger partial charge is 0.251 e. The summed E-state index contributed by atoms with van der Waals surface area (Å²) < 4.78 is 5.32. The molecule has 0 radical (unpaired) electrons. The molecule has 4 heteroatoms. The van der Waals surface area contributed by atoms with Crippen LogP contribution < -0.4 is 10.1 Å². The summed E-state index contributed by atoms with van der Waals surface area (Å²) in [5.41, 5.74) is 0.387. The minimum absolute atomic E-state index is 0.0718. The van der Waals surface area contributed by atoms with E-state index in [4.69, 9.17) is 4.74 Å². The Morgan fingerprint density at radius 3 is 2.41 bits per heavy atom. The van der Waals surface area contributed by atoms with Crippen LogP contribution in [0.1, 0.15) is 31.1 Å². The van der Waals surface area contributed by atoms with Crippen LogP contribution in [0.25, 0.3) is 0 Å². The second-order valence-corrected chi connectivity index (χ2v) is 4.99. The predicted molar refractivity (Wildman–Crippen MR) is 73.0 cm³/mol. The molecule has 1 amide bonds. The number of hydrogen-bond acceptors (Lipinski definition) is 2. The van der Waals surface area contributed by atoms with Crippen molar-refractivity contribution in [2.24, 2.45) is 0 Å². The molecule has 0 aromatic heterocycles. The van der Waals surface area contributed by atoms with Crippen molar-refractivity contribution in [3.05, 3.63) is 29.8 Å². The van der Waals surface area contributed by atoms with E-state index in [2.05, 4.69) is 21.2 Å². The summed E-state index contributed by atoms with van der Waals surface area (Å²) in [6.45, 7) is 6.49. The normalized spacial score (nSPS) is 11.1. The number of hydrogen-bond donors (Lipinski definition) is 1. The molecule has 0 aliphatic carbocycles. The van der Waals surface area contributed by atoms with Gasteiger partial charge in [0.15, 0.2) is 0 Å². The summed E-state index contributed by atoms with van der Waals surface area (Å²) in [5, 5.41) is 3.66. The average molecular weight is 300 g/mol. The first-order valence-corrected chi connectivity index (χ1v) is 6.72. The minimum atomic E-state index is -0.254. The monoisotopic (exact) mass is 299 g/mol. The maximum absolute atomic E-state index is 11.9. The van der Waals surface area contributed by atoms with E-state index in [-0.39, 0.29) is 11.4 Å². The fraction of sp³-hybridized carbons (Fsp3) is 0.462. The Morgan fingerprint density at radius 2 is 1.94 bits per heavy atom. The molecule has 1 N–H and O–H groups in total. The van der Waals surface area contributed by atoms with Crippen LogP contribution in [-0.4, -0.2) is 23.4 Å². The van der Waals surface area contributed by atoms with Gasteiger partial charge >= 0.3 is 0 Å². The van der Waals surface area contributed by atoms with Crippen molar-refractivity contribution >= 4 is 21.8 Å². The molecule has 1 aromatic rings. The van der Waals surface area contributed by atoms with Crippen molar-refractivity contribution in [3.8, 4) is 5.75 Å². The second kappa shape index (κ2) is 6.05. The van der Waals surface area contributed by atoms with Gasteiger partial charge in [-0.15, -0.1) is 0 Å². The molecule has 0 saturated carbocycles. The van der Waals surface area contributed by atoms with Gasteiger partial charge in [0, 0.05) is 16.4 Å². The molecule has 1 aromatic carbocycles. The highest BCUT2D eigenvalue weighted by Crippen LogP contribution is 2.13. The number of rotatable bonds is 5. The van der Waals surface area contributed by atoms with Crippen LogP contribution in [-0.2, 0) is 0 Å². The Labute approximate surface area is 111 Å². The van der Waals surface area contributed by atoms with Gasteiger partial charge in [0.05, 0.1) is 6.61 Å². The molecule has 0 fully saturated rings. The highest BCUT2D eigenvalue weighted by Gasteiger charge is 2.19. The average Bonchev–Trinajstić information content (AvgIpc) is 2.30. The number of nitrogens with one attached hydrogen (secondary N) is 1. The van der Waals surface area contributed by atoms with E-state index in [0.717, 1.165) is 5.75 Å². The van der Waals surface area contributed by atoms with Crippen molar-refractivity contribution in [2.45, 2.75) is 26.3 Å². The molecule has 0 saturated heterocycles. The van der Waals surface area contributed by atoms with Crippen molar-refractivity contribution < 1.29 is 9.53 Å². The van der Waals surface area contributed by atoms with Gasteiger partial charge in [-0.05, 0) is 45.0 Å². The van der Waals surface area contributed by atoms with Gasteiger partial charge in [0.2, 0.25) is 0 Å². The Morgan fingerprint density at radius 1 is 1.35 bits per heavy atom. The minimum Gasteiger partial charge on any atom is -0.494 e. The molecule has 1 rings (SSSR count). The van der Waals surface area contributed by atoms with Crippen LogP contribution in [0, 0.1) is 0 Å². The van der Waals surface area contributed by atoms with E-state index in [1.54, 1.807) is 24.3 Å². The molecule has 0 atom stereocenters. The molecule has 94 valence electrons. The van der Waals surface area contributed by atoms with Crippen LogP contribution in [0.3, 0.4) is 0 Å². The van der Waals surface area contributed by atoms with Gasteiger partial charge in [0.25, 0.3) is 5.91 Å². The number of carbonyl (C=O) groups is 1. The molecule has 0 aliphatic rings. The topological polar surface area (TPSA) is 38.3 Å². The maximum Gasteiger partial charge on any atom is 0.251 e. The Kier molecular flexibility index (Phi) is 5.00. The predicted octanol–water partition coefficient (Wildman–Crippen LogP) is 2.99. The van der Waals surface area contributed by atoms with Crippen LogP contribution >= 0.6 is 15.9 Å². The van der Waals surface area contributed by atoms with Gasteiger partial charge in [-0.1, -0.05) is 15.9 Å². The largest absolute Gasteiger partial charge is 0.494 e. The molecule has 0 spiro atoms. The van der Waals surface area contributed by atoms with E-state index < -0.39 is 0 Å². The summed E-state index contributed by atoms with van der Waals surface area (Å²) in [6.07, 6.45) is 0. The van der Waals surface area contributed by atoms with Crippen molar-refractivity contribution in [2.75, 3.05) is 11.9 Å². The van der Waals surface area contributed by atoms with Crippen LogP contribution in [0.15, 0.2) is 24.3 Å². The van der Waals surface area contributed by atoms with E-state index in [0.29, 0.717) is 17.5 Å². The van der Waals surface area contributed by atoms with Gasteiger partial charge in [-0.3, -0.25) is 4.79 Å². The van der Waals surface area contributed by atoms with E-state index in [1.807, 2.05) is 20.8 Å². The summed E-state index contributed by atoms with van der Waals surface area (Å²) in [6, 6.07) is 7.15. The zero-order chi connectivity index (χ0) is 12.9. The van der Waals surface area contributed by atoms with E-state index in [1.165, 1.54) is 0 Å². The number of ether oxygens (including phenoxy) is 1. The van der Waals surface area contributed by atoms with Crippen LogP contribution in [0.4, 0.5) is 0 Å². The third-order valence-electron chi connectivity index (χ3n) is 2.21. The molecule has 0 bridgehead atoms. The summed E-state index contributed by atoms with van der Waals surface area (Å²) >= 11 is 3.37. The molecule has 0 heterocycles. The summed E-state index contributed by atoms with van der Waals surface area (Å²) in [7, 11) is 0. The molecule has 0 unspecified atom stereocenters. The quantitative estimate of drug-likeness (QED) is 0.849. The third kappa shape index (κ3) is 4.38. The van der Waals surface area contributed by atoms with Gasteiger partial charge < -0.3 is 10.1 Å². The van der Waals surface area contributed by atoms with Crippen molar-refractivity contribution in [1.29, 1.82) is 0 Å². The number of halogens is 1. The SMILES string of the molecule is CCOc1ccc(C(=O)NC(C)(C)CBr)cc1. The fourth-order valence-electron chi connectivity index (χ4n) is 1.28. The summed E-state index contributed by atoms with van der Waals surface area (Å²) in [4.78, 5) is 11.9. The number of benzene rings is 1. The first kappa shape index (κ1) is 14.0. The maximum atomic E-state index is 11.9. The summed E-state index contributed by atoms with van der Waals surface area (Å²) in [5.74, 6) is 0.710. The highest BCUT2D eigenvalue weighted by molar-refractivity contribution is 9.09. The lowest BCUT2D eigenvalue weighted by atomic mass is 10.1. The first-order valence-electron chi connectivity index (χ1n) is 5.60. The standard InChI is InChI=1S/C13H18BrNO2/c1-4-17-11-7-5-10(6-8-11)12(16)15-13(2,3)9-14/h5-8H,4,9H2,1-3H3,(H,15,16).